The molecule has 0 aliphatic carbocycles. The Hall–Kier alpha value is -1.69. The summed E-state index contributed by atoms with van der Waals surface area (Å²) in [5.74, 6) is 1.06. The van der Waals surface area contributed by atoms with Crippen molar-refractivity contribution in [2.45, 2.75) is 13.5 Å². The number of rotatable bonds is 2. The molecule has 2 heterocycles. The third-order valence-corrected chi connectivity index (χ3v) is 1.81. The van der Waals surface area contributed by atoms with Gasteiger partial charge in [-0.2, -0.15) is 10.1 Å². The van der Waals surface area contributed by atoms with Crippen LogP contribution in [0.25, 0.3) is 5.78 Å². The van der Waals surface area contributed by atoms with Gasteiger partial charge in [-0.1, -0.05) is 0 Å². The SMILES string of the molecule is COCc1cc(=O)[nH]c2nc(C)nn12. The zero-order valence-electron chi connectivity index (χ0n) is 7.94. The van der Waals surface area contributed by atoms with Gasteiger partial charge in [0.2, 0.25) is 5.78 Å². The first kappa shape index (κ1) is 8.89. The third kappa shape index (κ3) is 1.39. The minimum absolute atomic E-state index is 0.197. The Labute approximate surface area is 79.5 Å². The standard InChI is InChI=1S/C8H10N4O2/c1-5-9-8-10-7(13)3-6(4-14-2)12(8)11-5/h3H,4H2,1-2H3,(H,9,10,11,13). The van der Waals surface area contributed by atoms with Crippen LogP contribution in [0.2, 0.25) is 0 Å². The molecule has 0 aliphatic rings. The van der Waals surface area contributed by atoms with Crippen LogP contribution < -0.4 is 5.56 Å². The van der Waals surface area contributed by atoms with Crippen LogP contribution in [0.15, 0.2) is 10.9 Å². The maximum Gasteiger partial charge on any atom is 0.252 e. The monoisotopic (exact) mass is 194 g/mol. The summed E-state index contributed by atoms with van der Waals surface area (Å²) in [4.78, 5) is 17.8. The quantitative estimate of drug-likeness (QED) is 0.723. The second kappa shape index (κ2) is 3.22. The van der Waals surface area contributed by atoms with Gasteiger partial charge in [0, 0.05) is 13.2 Å². The molecule has 0 amide bonds. The summed E-state index contributed by atoms with van der Waals surface area (Å²) in [6.45, 7) is 2.10. The number of fused-ring (bicyclic) bond motifs is 1. The summed E-state index contributed by atoms with van der Waals surface area (Å²) in [6.07, 6.45) is 0. The number of aryl methyl sites for hydroxylation is 1. The molecule has 2 rings (SSSR count). The molecule has 6 nitrogen and oxygen atoms in total. The highest BCUT2D eigenvalue weighted by atomic mass is 16.5. The lowest BCUT2D eigenvalue weighted by Gasteiger charge is -2.00. The minimum Gasteiger partial charge on any atom is -0.378 e. The van der Waals surface area contributed by atoms with Crippen LogP contribution in [0.3, 0.4) is 0 Å². The Morgan fingerprint density at radius 2 is 2.43 bits per heavy atom. The lowest BCUT2D eigenvalue weighted by molar-refractivity contribution is 0.179. The molecule has 0 radical (unpaired) electrons. The molecular weight excluding hydrogens is 184 g/mol. The number of nitrogens with one attached hydrogen (secondary N) is 1. The molecule has 0 saturated carbocycles. The van der Waals surface area contributed by atoms with E-state index in [4.69, 9.17) is 4.74 Å². The number of H-pyrrole nitrogens is 1. The predicted octanol–water partition coefficient (Wildman–Crippen LogP) is -0.128. The molecule has 0 atom stereocenters. The summed E-state index contributed by atoms with van der Waals surface area (Å²) in [5, 5.41) is 4.13. The summed E-state index contributed by atoms with van der Waals surface area (Å²) in [7, 11) is 1.57. The van der Waals surface area contributed by atoms with Gasteiger partial charge in [-0.25, -0.2) is 4.52 Å². The van der Waals surface area contributed by atoms with Gasteiger partial charge in [-0.3, -0.25) is 9.78 Å². The molecular formula is C8H10N4O2. The molecule has 6 heteroatoms. The molecule has 0 spiro atoms. The van der Waals surface area contributed by atoms with Crippen LogP contribution in [0, 0.1) is 6.92 Å². The van der Waals surface area contributed by atoms with E-state index in [1.807, 2.05) is 0 Å². The van der Waals surface area contributed by atoms with E-state index in [0.717, 1.165) is 0 Å². The van der Waals surface area contributed by atoms with E-state index in [-0.39, 0.29) is 5.56 Å². The molecule has 0 bridgehead atoms. The second-order valence-electron chi connectivity index (χ2n) is 2.95. The predicted molar refractivity (Wildman–Crippen MR) is 49.1 cm³/mol. The number of hydrogen-bond donors (Lipinski definition) is 1. The van der Waals surface area contributed by atoms with Crippen LogP contribution >= 0.6 is 0 Å². The maximum absolute atomic E-state index is 11.2. The molecule has 2 aromatic heterocycles. The third-order valence-electron chi connectivity index (χ3n) is 1.81. The van der Waals surface area contributed by atoms with E-state index in [1.165, 1.54) is 6.07 Å². The Morgan fingerprint density at radius 3 is 3.14 bits per heavy atom. The van der Waals surface area contributed by atoms with Crippen molar-refractivity contribution in [1.29, 1.82) is 0 Å². The summed E-state index contributed by atoms with van der Waals surface area (Å²) in [5.41, 5.74) is 0.490. The van der Waals surface area contributed by atoms with Crippen molar-refractivity contribution in [3.05, 3.63) is 27.9 Å². The Morgan fingerprint density at radius 1 is 1.64 bits per heavy atom. The number of aromatic amines is 1. The van der Waals surface area contributed by atoms with Crippen molar-refractivity contribution in [2.24, 2.45) is 0 Å². The normalized spacial score (nSPS) is 11.0. The van der Waals surface area contributed by atoms with E-state index >= 15 is 0 Å². The van der Waals surface area contributed by atoms with Gasteiger partial charge < -0.3 is 4.74 Å². The highest BCUT2D eigenvalue weighted by Crippen LogP contribution is 2.00. The van der Waals surface area contributed by atoms with E-state index in [1.54, 1.807) is 18.5 Å². The largest absolute Gasteiger partial charge is 0.378 e. The molecule has 0 aliphatic heterocycles. The fourth-order valence-corrected chi connectivity index (χ4v) is 1.31. The molecule has 14 heavy (non-hydrogen) atoms. The van der Waals surface area contributed by atoms with Gasteiger partial charge >= 0.3 is 0 Å². The fourth-order valence-electron chi connectivity index (χ4n) is 1.31. The lowest BCUT2D eigenvalue weighted by Crippen LogP contribution is -2.12. The highest BCUT2D eigenvalue weighted by molar-refractivity contribution is 5.28. The van der Waals surface area contributed by atoms with Gasteiger partial charge in [0.05, 0.1) is 12.3 Å². The average Bonchev–Trinajstić information content (AvgIpc) is 2.45. The first-order valence-corrected chi connectivity index (χ1v) is 4.15. The summed E-state index contributed by atoms with van der Waals surface area (Å²) in [6, 6.07) is 1.45. The van der Waals surface area contributed by atoms with Crippen molar-refractivity contribution in [3.63, 3.8) is 0 Å². The molecule has 0 fully saturated rings. The smallest absolute Gasteiger partial charge is 0.252 e. The number of methoxy groups -OCH3 is 1. The Bertz CT molecular complexity index is 514. The summed E-state index contributed by atoms with van der Waals surface area (Å²) >= 11 is 0. The maximum atomic E-state index is 11.2. The van der Waals surface area contributed by atoms with E-state index < -0.39 is 0 Å². The van der Waals surface area contributed by atoms with Crippen LogP contribution in [-0.2, 0) is 11.3 Å². The van der Waals surface area contributed by atoms with Crippen LogP contribution in [0.1, 0.15) is 11.5 Å². The van der Waals surface area contributed by atoms with Gasteiger partial charge in [0.15, 0.2) is 0 Å². The number of hydrogen-bond acceptors (Lipinski definition) is 4. The lowest BCUT2D eigenvalue weighted by atomic mass is 10.4. The van der Waals surface area contributed by atoms with Gasteiger partial charge in [-0.05, 0) is 6.92 Å². The van der Waals surface area contributed by atoms with Gasteiger partial charge in [-0.15, -0.1) is 0 Å². The molecule has 74 valence electrons. The highest BCUT2D eigenvalue weighted by Gasteiger charge is 2.05. The van der Waals surface area contributed by atoms with E-state index in [2.05, 4.69) is 15.1 Å². The molecule has 1 N–H and O–H groups in total. The first-order chi connectivity index (χ1) is 6.70. The van der Waals surface area contributed by atoms with E-state index in [9.17, 15) is 4.79 Å². The van der Waals surface area contributed by atoms with Crippen molar-refractivity contribution in [3.8, 4) is 0 Å². The molecule has 0 unspecified atom stereocenters. The molecule has 2 aromatic rings. The zero-order valence-corrected chi connectivity index (χ0v) is 7.94. The van der Waals surface area contributed by atoms with Crippen molar-refractivity contribution < 1.29 is 4.74 Å². The number of ether oxygens (including phenoxy) is 1. The number of aromatic nitrogens is 4. The molecule has 0 aromatic carbocycles. The van der Waals surface area contributed by atoms with E-state index in [0.29, 0.717) is 23.9 Å². The minimum atomic E-state index is -0.197. The summed E-state index contributed by atoms with van der Waals surface area (Å²) < 4.78 is 6.53. The van der Waals surface area contributed by atoms with Gasteiger partial charge in [0.25, 0.3) is 5.56 Å². The topological polar surface area (TPSA) is 72.3 Å². The Balaban J connectivity index is 2.72. The van der Waals surface area contributed by atoms with Crippen molar-refractivity contribution in [2.75, 3.05) is 7.11 Å². The molecule has 0 saturated heterocycles. The fraction of sp³-hybridized carbons (Fsp3) is 0.375. The van der Waals surface area contributed by atoms with Crippen LogP contribution in [-0.4, -0.2) is 26.7 Å². The van der Waals surface area contributed by atoms with Crippen LogP contribution in [0.4, 0.5) is 0 Å². The van der Waals surface area contributed by atoms with Crippen molar-refractivity contribution in [1.82, 2.24) is 19.6 Å². The Kier molecular flexibility index (Phi) is 2.05. The average molecular weight is 194 g/mol. The zero-order chi connectivity index (χ0) is 10.1. The number of nitrogens with zero attached hydrogens (tertiary/aromatic N) is 3. The van der Waals surface area contributed by atoms with Gasteiger partial charge in [0.1, 0.15) is 5.82 Å². The van der Waals surface area contributed by atoms with Crippen molar-refractivity contribution >= 4 is 5.78 Å². The first-order valence-electron chi connectivity index (χ1n) is 4.15. The van der Waals surface area contributed by atoms with Crippen LogP contribution in [0.5, 0.6) is 0 Å². The second-order valence-corrected chi connectivity index (χ2v) is 2.95.